The second-order valence-electron chi connectivity index (χ2n) is 6.14. The number of carbonyl (C=O) groups excluding carboxylic acids is 1. The molecule has 2 N–H and O–H groups in total. The lowest BCUT2D eigenvalue weighted by Gasteiger charge is -2.08. The third kappa shape index (κ3) is 5.34. The number of halogens is 1. The summed E-state index contributed by atoms with van der Waals surface area (Å²) in [6.45, 7) is 4.90. The maximum absolute atomic E-state index is 12.1. The van der Waals surface area contributed by atoms with Crippen LogP contribution in [0.1, 0.15) is 36.2 Å². The van der Waals surface area contributed by atoms with Gasteiger partial charge in [0.05, 0.1) is 12.3 Å². The number of nitrogens with one attached hydrogen (secondary N) is 2. The monoisotopic (exact) mass is 400 g/mol. The predicted octanol–water partition coefficient (Wildman–Crippen LogP) is 4.79. The highest BCUT2D eigenvalue weighted by Gasteiger charge is 2.17. The van der Waals surface area contributed by atoms with E-state index in [-0.39, 0.29) is 5.91 Å². The Hall–Kier alpha value is -2.31. The minimum absolute atomic E-state index is 0.295. The summed E-state index contributed by atoms with van der Waals surface area (Å²) >= 11 is 7.69. The zero-order valence-corrected chi connectivity index (χ0v) is 16.8. The second kappa shape index (κ2) is 9.06. The summed E-state index contributed by atoms with van der Waals surface area (Å²) in [5.41, 5.74) is 5.66. The number of amides is 1. The lowest BCUT2D eigenvalue weighted by atomic mass is 10.1. The zero-order valence-electron chi connectivity index (χ0n) is 15.2. The van der Waals surface area contributed by atoms with Crippen molar-refractivity contribution in [2.24, 2.45) is 10.1 Å². The SMILES string of the molecule is CC[C@@H]1CN=C(Nc2ccc(/C(C)=N\NC(=O)c3cccc(Cl)c3)cc2)S1. The van der Waals surface area contributed by atoms with Gasteiger partial charge in [-0.05, 0) is 49.2 Å². The van der Waals surface area contributed by atoms with Crippen molar-refractivity contribution in [1.82, 2.24) is 5.43 Å². The Kier molecular flexibility index (Phi) is 6.53. The minimum atomic E-state index is -0.295. The summed E-state index contributed by atoms with van der Waals surface area (Å²) < 4.78 is 0. The number of thioether (sulfide) groups is 1. The molecule has 0 bridgehead atoms. The van der Waals surface area contributed by atoms with Gasteiger partial charge in [-0.15, -0.1) is 0 Å². The Labute approximate surface area is 168 Å². The summed E-state index contributed by atoms with van der Waals surface area (Å²) in [7, 11) is 0. The van der Waals surface area contributed by atoms with Gasteiger partial charge in [0.2, 0.25) is 0 Å². The van der Waals surface area contributed by atoms with E-state index in [1.807, 2.05) is 31.2 Å². The molecule has 0 spiro atoms. The van der Waals surface area contributed by atoms with Crippen molar-refractivity contribution in [3.63, 3.8) is 0 Å². The van der Waals surface area contributed by atoms with E-state index in [0.717, 1.165) is 35.1 Å². The van der Waals surface area contributed by atoms with Crippen LogP contribution in [-0.2, 0) is 0 Å². The smallest absolute Gasteiger partial charge is 0.271 e. The standard InChI is InChI=1S/C20H21ClN4OS/c1-3-18-12-22-20(27-18)23-17-9-7-14(8-10-17)13(2)24-25-19(26)15-5-4-6-16(21)11-15/h4-11,18H,3,12H2,1-2H3,(H,22,23)(H,25,26)/b24-13-/t18-/m1/s1. The molecule has 0 aliphatic carbocycles. The minimum Gasteiger partial charge on any atom is -0.335 e. The van der Waals surface area contributed by atoms with Crippen LogP contribution in [0.15, 0.2) is 58.6 Å². The van der Waals surface area contributed by atoms with Crippen LogP contribution in [-0.4, -0.2) is 28.6 Å². The Bertz CT molecular complexity index is 880. The molecule has 27 heavy (non-hydrogen) atoms. The maximum Gasteiger partial charge on any atom is 0.271 e. The van der Waals surface area contributed by atoms with Gasteiger partial charge in [0, 0.05) is 21.5 Å². The van der Waals surface area contributed by atoms with Crippen molar-refractivity contribution in [3.8, 4) is 0 Å². The fourth-order valence-corrected chi connectivity index (χ4v) is 3.66. The normalized spacial score (nSPS) is 16.8. The molecule has 2 aromatic carbocycles. The topological polar surface area (TPSA) is 65.8 Å². The van der Waals surface area contributed by atoms with Crippen molar-refractivity contribution < 1.29 is 4.79 Å². The van der Waals surface area contributed by atoms with Crippen LogP contribution in [0.25, 0.3) is 0 Å². The van der Waals surface area contributed by atoms with Gasteiger partial charge in [0.25, 0.3) is 5.91 Å². The molecule has 1 aliphatic heterocycles. The molecule has 1 amide bonds. The second-order valence-corrected chi connectivity index (χ2v) is 7.87. The largest absolute Gasteiger partial charge is 0.335 e. The van der Waals surface area contributed by atoms with Gasteiger partial charge < -0.3 is 5.32 Å². The van der Waals surface area contributed by atoms with Crippen molar-refractivity contribution in [1.29, 1.82) is 0 Å². The molecular weight excluding hydrogens is 380 g/mol. The van der Waals surface area contributed by atoms with E-state index in [4.69, 9.17) is 11.6 Å². The average Bonchev–Trinajstić information content (AvgIpc) is 3.14. The van der Waals surface area contributed by atoms with Crippen molar-refractivity contribution >= 4 is 45.8 Å². The van der Waals surface area contributed by atoms with Gasteiger partial charge in [-0.1, -0.05) is 48.5 Å². The summed E-state index contributed by atoms with van der Waals surface area (Å²) in [5.74, 6) is -0.295. The lowest BCUT2D eigenvalue weighted by molar-refractivity contribution is 0.0955. The number of hydrazone groups is 1. The Morgan fingerprint density at radius 2 is 2.04 bits per heavy atom. The number of anilines is 1. The first kappa shape index (κ1) is 19.5. The van der Waals surface area contributed by atoms with Crippen molar-refractivity contribution in [3.05, 3.63) is 64.7 Å². The fraction of sp³-hybridized carbons (Fsp3) is 0.250. The number of hydrogen-bond donors (Lipinski definition) is 2. The molecule has 1 aliphatic rings. The van der Waals surface area contributed by atoms with E-state index < -0.39 is 0 Å². The van der Waals surface area contributed by atoms with Gasteiger partial charge in [-0.3, -0.25) is 9.79 Å². The fourth-order valence-electron chi connectivity index (χ4n) is 2.51. The number of rotatable bonds is 5. The van der Waals surface area contributed by atoms with Crippen LogP contribution in [0.2, 0.25) is 5.02 Å². The van der Waals surface area contributed by atoms with E-state index in [0.29, 0.717) is 15.8 Å². The van der Waals surface area contributed by atoms with Crippen LogP contribution in [0.5, 0.6) is 0 Å². The quantitative estimate of drug-likeness (QED) is 0.560. The van der Waals surface area contributed by atoms with E-state index >= 15 is 0 Å². The highest BCUT2D eigenvalue weighted by atomic mass is 35.5. The summed E-state index contributed by atoms with van der Waals surface area (Å²) in [6.07, 6.45) is 1.12. The van der Waals surface area contributed by atoms with Gasteiger partial charge >= 0.3 is 0 Å². The van der Waals surface area contributed by atoms with Crippen molar-refractivity contribution in [2.45, 2.75) is 25.5 Å². The number of aliphatic imine (C=N–C) groups is 1. The Morgan fingerprint density at radius 1 is 1.26 bits per heavy atom. The predicted molar refractivity (Wildman–Crippen MR) is 115 cm³/mol. The molecule has 2 aromatic rings. The molecule has 0 unspecified atom stereocenters. The zero-order chi connectivity index (χ0) is 19.2. The first-order chi connectivity index (χ1) is 13.0. The van der Waals surface area contributed by atoms with Gasteiger partial charge in [-0.25, -0.2) is 5.43 Å². The Balaban J connectivity index is 1.59. The Morgan fingerprint density at radius 3 is 2.70 bits per heavy atom. The average molecular weight is 401 g/mol. The molecule has 0 saturated heterocycles. The lowest BCUT2D eigenvalue weighted by Crippen LogP contribution is -2.19. The molecule has 0 aromatic heterocycles. The van der Waals surface area contributed by atoms with Gasteiger partial charge in [0.15, 0.2) is 5.17 Å². The molecule has 3 rings (SSSR count). The third-order valence-corrected chi connectivity index (χ3v) is 5.64. The molecule has 0 radical (unpaired) electrons. The summed E-state index contributed by atoms with van der Waals surface area (Å²) in [5, 5.41) is 9.57. The molecule has 140 valence electrons. The number of nitrogens with zero attached hydrogens (tertiary/aromatic N) is 2. The van der Waals surface area contributed by atoms with E-state index in [9.17, 15) is 4.79 Å². The van der Waals surface area contributed by atoms with Crippen LogP contribution in [0.3, 0.4) is 0 Å². The molecule has 1 heterocycles. The van der Waals surface area contributed by atoms with Gasteiger partial charge in [-0.2, -0.15) is 5.10 Å². The van der Waals surface area contributed by atoms with Crippen LogP contribution < -0.4 is 10.7 Å². The first-order valence-electron chi connectivity index (χ1n) is 8.74. The molecule has 0 fully saturated rings. The van der Waals surface area contributed by atoms with Crippen LogP contribution >= 0.6 is 23.4 Å². The molecule has 1 atom stereocenters. The first-order valence-corrected chi connectivity index (χ1v) is 9.99. The van der Waals surface area contributed by atoms with Crippen molar-refractivity contribution in [2.75, 3.05) is 11.9 Å². The number of hydrogen-bond acceptors (Lipinski definition) is 5. The molecular formula is C20H21ClN4OS. The highest BCUT2D eigenvalue weighted by Crippen LogP contribution is 2.24. The van der Waals surface area contributed by atoms with E-state index in [1.165, 1.54) is 0 Å². The van der Waals surface area contributed by atoms with Crippen LogP contribution in [0, 0.1) is 0 Å². The number of carbonyl (C=O) groups is 1. The molecule has 0 saturated carbocycles. The van der Waals surface area contributed by atoms with E-state index in [1.54, 1.807) is 36.0 Å². The number of benzene rings is 2. The van der Waals surface area contributed by atoms with Gasteiger partial charge in [0.1, 0.15) is 0 Å². The maximum atomic E-state index is 12.1. The summed E-state index contributed by atoms with van der Waals surface area (Å²) in [4.78, 5) is 16.6. The van der Waals surface area contributed by atoms with E-state index in [2.05, 4.69) is 27.8 Å². The number of amidine groups is 1. The molecule has 7 heteroatoms. The highest BCUT2D eigenvalue weighted by molar-refractivity contribution is 8.15. The molecule has 5 nitrogen and oxygen atoms in total. The van der Waals surface area contributed by atoms with Crippen LogP contribution in [0.4, 0.5) is 5.69 Å². The third-order valence-electron chi connectivity index (χ3n) is 4.14. The summed E-state index contributed by atoms with van der Waals surface area (Å²) in [6, 6.07) is 14.6.